The Hall–Kier alpha value is -1.92. The van der Waals surface area contributed by atoms with Gasteiger partial charge in [-0.15, -0.1) is 21.5 Å². The van der Waals surface area contributed by atoms with E-state index >= 15 is 0 Å². The van der Waals surface area contributed by atoms with Gasteiger partial charge in [0.1, 0.15) is 0 Å². The molecule has 1 aliphatic rings. The highest BCUT2D eigenvalue weighted by atomic mass is 32.2. The van der Waals surface area contributed by atoms with Crippen LogP contribution in [0.1, 0.15) is 31.9 Å². The topological polar surface area (TPSA) is 43.1 Å². The number of hydrogen-bond acceptors (Lipinski definition) is 5. The molecule has 4 nitrogen and oxygen atoms in total. The molecule has 4 rings (SSSR count). The third kappa shape index (κ3) is 3.28. The van der Waals surface area contributed by atoms with Crippen LogP contribution in [0.2, 0.25) is 0 Å². The van der Waals surface area contributed by atoms with E-state index in [9.17, 15) is 0 Å². The molecule has 0 bridgehead atoms. The van der Waals surface area contributed by atoms with Crippen LogP contribution in [-0.2, 0) is 6.42 Å². The van der Waals surface area contributed by atoms with Crippen LogP contribution < -0.4 is 0 Å². The molecule has 0 fully saturated rings. The maximum Gasteiger partial charge on any atom is 0.213 e. The van der Waals surface area contributed by atoms with Crippen molar-refractivity contribution in [3.8, 4) is 10.7 Å². The van der Waals surface area contributed by atoms with Crippen molar-refractivity contribution in [2.24, 2.45) is 11.0 Å². The van der Waals surface area contributed by atoms with Crippen LogP contribution in [0.15, 0.2) is 52.0 Å². The first kappa shape index (κ1) is 16.5. The van der Waals surface area contributed by atoms with Crippen molar-refractivity contribution in [1.29, 1.82) is 0 Å². The first-order chi connectivity index (χ1) is 12.1. The van der Waals surface area contributed by atoms with Crippen LogP contribution in [0.25, 0.3) is 10.7 Å². The second-order valence-corrected chi connectivity index (χ2v) is 8.89. The van der Waals surface area contributed by atoms with Crippen LogP contribution in [0.3, 0.4) is 0 Å². The largest absolute Gasteiger partial charge is 0.213 e. The smallest absolute Gasteiger partial charge is 0.186 e. The summed E-state index contributed by atoms with van der Waals surface area (Å²) < 4.78 is 1.88. The third-order valence-electron chi connectivity index (χ3n) is 4.12. The molecule has 25 heavy (non-hydrogen) atoms. The van der Waals surface area contributed by atoms with Gasteiger partial charge in [0.25, 0.3) is 0 Å². The zero-order valence-electron chi connectivity index (χ0n) is 14.5. The van der Waals surface area contributed by atoms with Gasteiger partial charge in [0.05, 0.1) is 15.8 Å². The molecule has 3 aromatic rings. The van der Waals surface area contributed by atoms with E-state index in [1.165, 1.54) is 11.1 Å². The Morgan fingerprint density at radius 1 is 1.12 bits per heavy atom. The maximum absolute atomic E-state index is 4.90. The lowest BCUT2D eigenvalue weighted by Crippen LogP contribution is -2.21. The van der Waals surface area contributed by atoms with E-state index in [0.29, 0.717) is 5.92 Å². The standard InChI is InChI=1S/C19H20N4S2/c1-12(2)11-14-6-8-15(9-7-14)17-13(3)25-19-21-20-18(23(19)22-17)16-5-4-10-24-16/h4-10,12-13H,11H2,1-3H3/t13-/m0/s1. The lowest BCUT2D eigenvalue weighted by Gasteiger charge is -2.20. The van der Waals surface area contributed by atoms with Crippen molar-refractivity contribution < 1.29 is 0 Å². The Bertz CT molecular complexity index is 892. The van der Waals surface area contributed by atoms with E-state index in [1.807, 2.05) is 16.1 Å². The first-order valence-corrected chi connectivity index (χ1v) is 10.2. The Morgan fingerprint density at radius 2 is 1.92 bits per heavy atom. The van der Waals surface area contributed by atoms with Crippen LogP contribution >= 0.6 is 23.1 Å². The van der Waals surface area contributed by atoms with Crippen molar-refractivity contribution >= 4 is 28.8 Å². The number of hydrogen-bond donors (Lipinski definition) is 0. The molecule has 2 aromatic heterocycles. The van der Waals surface area contributed by atoms with Gasteiger partial charge < -0.3 is 0 Å². The summed E-state index contributed by atoms with van der Waals surface area (Å²) >= 11 is 3.37. The van der Waals surface area contributed by atoms with E-state index in [1.54, 1.807) is 23.1 Å². The summed E-state index contributed by atoms with van der Waals surface area (Å²) in [4.78, 5) is 1.09. The predicted octanol–water partition coefficient (Wildman–Crippen LogP) is 4.95. The fourth-order valence-electron chi connectivity index (χ4n) is 2.97. The van der Waals surface area contributed by atoms with Crippen LogP contribution in [0, 0.1) is 5.92 Å². The molecule has 128 valence electrons. The Balaban J connectivity index is 1.71. The van der Waals surface area contributed by atoms with Crippen LogP contribution in [0.4, 0.5) is 0 Å². The second-order valence-electron chi connectivity index (χ2n) is 6.64. The third-order valence-corrected chi connectivity index (χ3v) is 6.03. The summed E-state index contributed by atoms with van der Waals surface area (Å²) in [6.45, 7) is 6.67. The molecule has 0 radical (unpaired) electrons. The van der Waals surface area contributed by atoms with Gasteiger partial charge in [0, 0.05) is 0 Å². The van der Waals surface area contributed by atoms with Gasteiger partial charge in [-0.05, 0) is 41.8 Å². The fourth-order valence-corrected chi connectivity index (χ4v) is 4.59. The van der Waals surface area contributed by atoms with Gasteiger partial charge in [-0.3, -0.25) is 0 Å². The molecular weight excluding hydrogens is 348 g/mol. The van der Waals surface area contributed by atoms with Crippen molar-refractivity contribution in [3.05, 3.63) is 52.9 Å². The molecule has 1 aromatic carbocycles. The lowest BCUT2D eigenvalue weighted by molar-refractivity contribution is 0.647. The van der Waals surface area contributed by atoms with Gasteiger partial charge >= 0.3 is 0 Å². The normalized spacial score (nSPS) is 16.8. The zero-order valence-corrected chi connectivity index (χ0v) is 16.1. The quantitative estimate of drug-likeness (QED) is 0.654. The van der Waals surface area contributed by atoms with E-state index in [0.717, 1.165) is 28.0 Å². The van der Waals surface area contributed by atoms with Gasteiger partial charge in [-0.2, -0.15) is 9.78 Å². The molecule has 0 saturated carbocycles. The predicted molar refractivity (Wildman–Crippen MR) is 106 cm³/mol. The minimum atomic E-state index is 0.254. The number of thioether (sulfide) groups is 1. The van der Waals surface area contributed by atoms with E-state index in [-0.39, 0.29) is 5.25 Å². The molecule has 0 saturated heterocycles. The van der Waals surface area contributed by atoms with Crippen molar-refractivity contribution in [2.45, 2.75) is 37.6 Å². The summed E-state index contributed by atoms with van der Waals surface area (Å²) in [5, 5.41) is 16.7. The summed E-state index contributed by atoms with van der Waals surface area (Å²) in [7, 11) is 0. The second kappa shape index (κ2) is 6.77. The van der Waals surface area contributed by atoms with Gasteiger partial charge in [-0.25, -0.2) is 0 Å². The molecule has 0 spiro atoms. The van der Waals surface area contributed by atoms with Crippen molar-refractivity contribution in [3.63, 3.8) is 0 Å². The molecule has 6 heteroatoms. The minimum Gasteiger partial charge on any atom is -0.186 e. The van der Waals surface area contributed by atoms with E-state index in [2.05, 4.69) is 61.3 Å². The van der Waals surface area contributed by atoms with E-state index in [4.69, 9.17) is 5.10 Å². The molecule has 0 N–H and O–H groups in total. The van der Waals surface area contributed by atoms with Gasteiger partial charge in [0.15, 0.2) is 5.82 Å². The highest BCUT2D eigenvalue weighted by molar-refractivity contribution is 8.00. The summed E-state index contributed by atoms with van der Waals surface area (Å²) in [6, 6.07) is 12.9. The maximum atomic E-state index is 4.90. The number of rotatable bonds is 4. The van der Waals surface area contributed by atoms with Crippen molar-refractivity contribution in [1.82, 2.24) is 14.9 Å². The number of aromatic nitrogens is 3. The fraction of sp³-hybridized carbons (Fsp3) is 0.316. The zero-order chi connectivity index (χ0) is 17.4. The Morgan fingerprint density at radius 3 is 2.60 bits per heavy atom. The highest BCUT2D eigenvalue weighted by Gasteiger charge is 2.26. The minimum absolute atomic E-state index is 0.254. The highest BCUT2D eigenvalue weighted by Crippen LogP contribution is 2.34. The molecule has 1 aliphatic heterocycles. The molecule has 0 aliphatic carbocycles. The number of fused-ring (bicyclic) bond motifs is 1. The van der Waals surface area contributed by atoms with E-state index < -0.39 is 0 Å². The average molecular weight is 369 g/mol. The summed E-state index contributed by atoms with van der Waals surface area (Å²) in [6.07, 6.45) is 1.11. The summed E-state index contributed by atoms with van der Waals surface area (Å²) in [5.41, 5.74) is 3.62. The van der Waals surface area contributed by atoms with Crippen LogP contribution in [-0.4, -0.2) is 25.8 Å². The summed E-state index contributed by atoms with van der Waals surface area (Å²) in [5.74, 6) is 1.48. The number of benzene rings is 1. The lowest BCUT2D eigenvalue weighted by atomic mass is 10.00. The number of thiophene rings is 1. The average Bonchev–Trinajstić information content (AvgIpc) is 3.23. The first-order valence-electron chi connectivity index (χ1n) is 8.46. The molecule has 0 amide bonds. The van der Waals surface area contributed by atoms with Gasteiger partial charge in [0.2, 0.25) is 5.16 Å². The molecule has 0 unspecified atom stereocenters. The Kier molecular flexibility index (Phi) is 4.48. The SMILES string of the molecule is CC(C)Cc1ccc(C2=Nn3c(nnc3-c3cccs3)S[C@H]2C)cc1. The molecule has 1 atom stereocenters. The molecular formula is C19H20N4S2. The number of nitrogens with zero attached hydrogens (tertiary/aromatic N) is 4. The Labute approximate surface area is 156 Å². The molecule has 3 heterocycles. The monoisotopic (exact) mass is 368 g/mol. The van der Waals surface area contributed by atoms with Gasteiger partial charge in [-0.1, -0.05) is 55.9 Å². The van der Waals surface area contributed by atoms with Crippen molar-refractivity contribution in [2.75, 3.05) is 0 Å². The van der Waals surface area contributed by atoms with Crippen LogP contribution in [0.5, 0.6) is 0 Å².